The molecule has 0 atom stereocenters. The van der Waals surface area contributed by atoms with Gasteiger partial charge in [0, 0.05) is 0 Å². The van der Waals surface area contributed by atoms with E-state index in [-0.39, 0.29) is 5.48 Å². The Morgan fingerprint density at radius 2 is 1.45 bits per heavy atom. The van der Waals surface area contributed by atoms with Crippen molar-refractivity contribution in [3.8, 4) is 0 Å². The Balaban J connectivity index is 0.000000605. The van der Waals surface area contributed by atoms with Crippen molar-refractivity contribution in [3.63, 3.8) is 0 Å². The number of benzene rings is 1. The summed E-state index contributed by atoms with van der Waals surface area (Å²) in [4.78, 5) is 17.9. The smallest absolute Gasteiger partial charge is 0.368 e. The molecule has 0 radical (unpaired) electrons. The maximum atomic E-state index is 10.6. The van der Waals surface area contributed by atoms with Gasteiger partial charge < -0.3 is 5.48 Å². The van der Waals surface area contributed by atoms with Crippen molar-refractivity contribution in [2.45, 2.75) is 0 Å². The summed E-state index contributed by atoms with van der Waals surface area (Å²) in [5.74, 6) is 0. The molecule has 0 aliphatic carbocycles. The van der Waals surface area contributed by atoms with Crippen LogP contribution in [0.4, 0.5) is 4.79 Å². The summed E-state index contributed by atoms with van der Waals surface area (Å²) in [5, 5.41) is 1.35. The van der Waals surface area contributed by atoms with Crippen molar-refractivity contribution in [3.05, 3.63) is 35.0 Å². The summed E-state index contributed by atoms with van der Waals surface area (Å²) in [5.41, 5.74) is 0. The average Bonchev–Trinajstić information content (AvgIpc) is 2.27. The Kier molecular flexibility index (Phi) is 1.78. The maximum absolute atomic E-state index is 10.6. The van der Waals surface area contributed by atoms with Crippen LogP contribution in [-0.4, -0.2) is 11.5 Å². The van der Waals surface area contributed by atoms with Crippen molar-refractivity contribution >= 4 is 6.03 Å². The second kappa shape index (κ2) is 2.59. The van der Waals surface area contributed by atoms with Crippen LogP contribution in [-0.2, 0) is 0 Å². The molecule has 0 aromatic heterocycles. The first-order valence-electron chi connectivity index (χ1n) is 2.93. The molecular weight excluding hydrogens is 144 g/mol. The summed E-state index contributed by atoms with van der Waals surface area (Å²) in [7, 11) is 0. The van der Waals surface area contributed by atoms with Crippen LogP contribution >= 0.6 is 0 Å². The fraction of sp³-hybridized carbons (Fsp3) is 0. The lowest BCUT2D eigenvalue weighted by atomic mass is 10.3. The molecule has 2 amide bonds. The minimum atomic E-state index is -0.402. The van der Waals surface area contributed by atoms with Crippen LogP contribution in [0.1, 0.15) is 0 Å². The Morgan fingerprint density at radius 3 is 1.91 bits per heavy atom. The van der Waals surface area contributed by atoms with Gasteiger partial charge in [0.25, 0.3) is 0 Å². The number of fused-ring (bicyclic) bond motifs is 1. The molecule has 56 valence electrons. The molecule has 0 fully saturated rings. The summed E-state index contributed by atoms with van der Waals surface area (Å²) in [6.45, 7) is 0. The predicted octanol–water partition coefficient (Wildman–Crippen LogP) is -0.765. The topological polar surface area (TPSA) is 73.3 Å². The third kappa shape index (κ3) is 1.15. The maximum Gasteiger partial charge on any atom is 0.368 e. The monoisotopic (exact) mass is 150 g/mol. The number of rotatable bonds is 0. The molecule has 1 aliphatic rings. The van der Waals surface area contributed by atoms with E-state index in [1.165, 1.54) is 0 Å². The number of hydrogen-bond acceptors (Lipinski definition) is 1. The van der Waals surface area contributed by atoms with Crippen LogP contribution in [0.5, 0.6) is 0 Å². The van der Waals surface area contributed by atoms with Gasteiger partial charge in [0.15, 0.2) is 0 Å². The van der Waals surface area contributed by atoms with Crippen molar-refractivity contribution in [1.82, 2.24) is 0 Å². The van der Waals surface area contributed by atoms with Gasteiger partial charge in [-0.25, -0.2) is 4.79 Å². The zero-order valence-electron chi connectivity index (χ0n) is 5.61. The largest absolute Gasteiger partial charge is 0.412 e. The van der Waals surface area contributed by atoms with Crippen molar-refractivity contribution in [2.75, 3.05) is 0 Å². The number of carbonyl (C=O) groups is 1. The highest BCUT2D eigenvalue weighted by molar-refractivity contribution is 5.77. The Bertz CT molecular complexity index is 360. The highest BCUT2D eigenvalue weighted by Crippen LogP contribution is 1.82. The Morgan fingerprint density at radius 1 is 1.00 bits per heavy atom. The van der Waals surface area contributed by atoms with E-state index < -0.39 is 6.03 Å². The predicted molar refractivity (Wildman–Crippen MR) is 37.8 cm³/mol. The minimum absolute atomic E-state index is 0. The molecule has 4 nitrogen and oxygen atoms in total. The molecule has 1 aliphatic heterocycles. The number of nitrogens with zero attached hydrogens (tertiary/aromatic N) is 2. The van der Waals surface area contributed by atoms with Crippen molar-refractivity contribution in [1.29, 1.82) is 0 Å². The fourth-order valence-corrected chi connectivity index (χ4v) is 0.884. The summed E-state index contributed by atoms with van der Waals surface area (Å²) < 4.78 is 0. The van der Waals surface area contributed by atoms with Crippen LogP contribution in [0.2, 0.25) is 0 Å². The quantitative estimate of drug-likeness (QED) is 0.478. The fourth-order valence-electron chi connectivity index (χ4n) is 0.884. The van der Waals surface area contributed by atoms with Gasteiger partial charge in [0.1, 0.15) is 0 Å². The van der Waals surface area contributed by atoms with Crippen LogP contribution in [0.25, 0.3) is 0 Å². The second-order valence-corrected chi connectivity index (χ2v) is 1.99. The molecule has 0 saturated carbocycles. The normalized spacial score (nSPS) is 12.5. The molecule has 2 N–H and O–H groups in total. The standard InChI is InChI=1S/C7H4N2O.H2O/c10-7-8-5-3-1-2-4-6(5)9-7;/h1-4H;1H2. The zero-order valence-corrected chi connectivity index (χ0v) is 5.61. The van der Waals surface area contributed by atoms with E-state index >= 15 is 0 Å². The van der Waals surface area contributed by atoms with E-state index in [9.17, 15) is 4.79 Å². The van der Waals surface area contributed by atoms with E-state index in [1.807, 2.05) is 12.1 Å². The molecule has 1 aromatic carbocycles. The molecule has 1 heterocycles. The molecule has 0 bridgehead atoms. The van der Waals surface area contributed by atoms with E-state index in [4.69, 9.17) is 0 Å². The van der Waals surface area contributed by atoms with Crippen LogP contribution in [0.3, 0.4) is 0 Å². The summed E-state index contributed by atoms with van der Waals surface area (Å²) in [6, 6.07) is 6.79. The van der Waals surface area contributed by atoms with Crippen molar-refractivity contribution in [2.24, 2.45) is 9.98 Å². The van der Waals surface area contributed by atoms with Gasteiger partial charge in [-0.1, -0.05) is 12.1 Å². The number of hydrogen-bond donors (Lipinski definition) is 0. The molecule has 11 heavy (non-hydrogen) atoms. The zero-order chi connectivity index (χ0) is 6.97. The molecule has 2 rings (SSSR count). The first kappa shape index (κ1) is 7.56. The first-order valence-corrected chi connectivity index (χ1v) is 2.93. The van der Waals surface area contributed by atoms with Crippen LogP contribution in [0, 0.1) is 0 Å². The van der Waals surface area contributed by atoms with E-state index in [2.05, 4.69) is 9.98 Å². The number of carbonyl (C=O) groups excluding carboxylic acids is 1. The van der Waals surface area contributed by atoms with E-state index in [0.29, 0.717) is 10.7 Å². The molecule has 1 aromatic rings. The molecule has 0 saturated heterocycles. The van der Waals surface area contributed by atoms with Gasteiger partial charge in [0.05, 0.1) is 10.7 Å². The van der Waals surface area contributed by atoms with Gasteiger partial charge in [-0.05, 0) is 12.1 Å². The molecule has 4 heteroatoms. The highest BCUT2D eigenvalue weighted by Gasteiger charge is 2.01. The molecule has 0 unspecified atom stereocenters. The summed E-state index contributed by atoms with van der Waals surface area (Å²) >= 11 is 0. The first-order chi connectivity index (χ1) is 4.86. The highest BCUT2D eigenvalue weighted by atomic mass is 16.2. The van der Waals surface area contributed by atoms with Gasteiger partial charge >= 0.3 is 6.03 Å². The lowest BCUT2D eigenvalue weighted by molar-refractivity contribution is 0.256. The second-order valence-electron chi connectivity index (χ2n) is 1.99. The van der Waals surface area contributed by atoms with Crippen LogP contribution in [0.15, 0.2) is 34.3 Å². The van der Waals surface area contributed by atoms with Gasteiger partial charge in [0.2, 0.25) is 0 Å². The third-order valence-electron chi connectivity index (χ3n) is 1.31. The number of urea groups is 1. The van der Waals surface area contributed by atoms with E-state index in [0.717, 1.165) is 0 Å². The third-order valence-corrected chi connectivity index (χ3v) is 1.31. The lowest BCUT2D eigenvalue weighted by Gasteiger charge is -1.75. The van der Waals surface area contributed by atoms with Crippen molar-refractivity contribution < 1.29 is 10.3 Å². The SMILES string of the molecule is O.O=C1N=c2ccccc2=N1. The molecular formula is C7H6N2O2. The minimum Gasteiger partial charge on any atom is -0.412 e. The van der Waals surface area contributed by atoms with Gasteiger partial charge in [-0.3, -0.25) is 0 Å². The Labute approximate surface area is 62.2 Å². The number of amides is 2. The summed E-state index contributed by atoms with van der Waals surface area (Å²) in [6.07, 6.45) is 0. The average molecular weight is 150 g/mol. The Hall–Kier alpha value is -1.55. The molecule has 0 spiro atoms. The number of para-hydroxylation sites is 2. The van der Waals surface area contributed by atoms with Gasteiger partial charge in [-0.15, -0.1) is 0 Å². The van der Waals surface area contributed by atoms with Gasteiger partial charge in [-0.2, -0.15) is 9.98 Å². The van der Waals surface area contributed by atoms with Crippen LogP contribution < -0.4 is 10.7 Å². The van der Waals surface area contributed by atoms with E-state index in [1.54, 1.807) is 12.1 Å². The lowest BCUT2D eigenvalue weighted by Crippen LogP contribution is -2.19.